The normalized spacial score (nSPS) is 13.0. The van der Waals surface area contributed by atoms with E-state index in [2.05, 4.69) is 55.7 Å². The van der Waals surface area contributed by atoms with E-state index in [0.29, 0.717) is 59.1 Å². The van der Waals surface area contributed by atoms with Gasteiger partial charge in [0.15, 0.2) is 0 Å². The Hall–Kier alpha value is -8.23. The first-order valence-corrected chi connectivity index (χ1v) is 28.9. The molecule has 2 aliphatic rings. The molecule has 2 aromatic heterocycles. The van der Waals surface area contributed by atoms with Crippen LogP contribution in [-0.4, -0.2) is 70.9 Å². The molecule has 9 N–H and O–H groups in total. The van der Waals surface area contributed by atoms with Crippen molar-refractivity contribution >= 4 is 82.0 Å². The molecule has 0 bridgehead atoms. The van der Waals surface area contributed by atoms with Gasteiger partial charge in [-0.25, -0.2) is 18.1 Å². The minimum absolute atomic E-state index is 0. The predicted octanol–water partition coefficient (Wildman–Crippen LogP) is 13.4. The number of aromatic nitrogens is 4. The maximum atomic E-state index is 15.3. The third-order valence-corrected chi connectivity index (χ3v) is 15.5. The summed E-state index contributed by atoms with van der Waals surface area (Å²) in [5, 5.41) is 33.4. The number of nitrogens with two attached hydrogens (primary N) is 2. The molecule has 2 amide bonds. The van der Waals surface area contributed by atoms with Crippen LogP contribution in [0.4, 0.5) is 20.2 Å². The zero-order valence-corrected chi connectivity index (χ0v) is 52.6. The molecule has 2 unspecified atom stereocenters. The Balaban J connectivity index is 0.000000239. The second-order valence-corrected chi connectivity index (χ2v) is 21.7. The molecule has 0 aliphatic heterocycles. The Morgan fingerprint density at radius 2 is 0.933 bits per heavy atom. The Morgan fingerprint density at radius 3 is 1.30 bits per heavy atom. The highest BCUT2D eigenvalue weighted by molar-refractivity contribution is 6.04. The quantitative estimate of drug-likeness (QED) is 0.0382. The molecule has 466 valence electrons. The van der Waals surface area contributed by atoms with E-state index in [9.17, 15) is 9.59 Å². The number of amides is 2. The number of rotatable bonds is 20. The monoisotopic (exact) mass is 1270 g/mol. The molecule has 8 aromatic carbocycles. The van der Waals surface area contributed by atoms with Gasteiger partial charge in [-0.15, -0.1) is 37.2 Å². The van der Waals surface area contributed by atoms with Gasteiger partial charge in [0.1, 0.15) is 34.5 Å². The fourth-order valence-corrected chi connectivity index (χ4v) is 10.8. The molecule has 2 heterocycles. The minimum atomic E-state index is -0.522. The summed E-state index contributed by atoms with van der Waals surface area (Å²) in [4.78, 5) is 27.2. The number of halogens is 5. The average Bonchev–Trinajstić information content (AvgIpc) is 3.08. The number of aryl methyl sites for hydroxylation is 2. The molecule has 20 heteroatoms. The predicted molar refractivity (Wildman–Crippen MR) is 357 cm³/mol. The number of anilines is 2. The van der Waals surface area contributed by atoms with Gasteiger partial charge >= 0.3 is 0 Å². The Kier molecular flexibility index (Phi) is 24.0. The van der Waals surface area contributed by atoms with Crippen LogP contribution in [0.3, 0.4) is 0 Å². The average molecular weight is 1270 g/mol. The number of nitrogens with one attached hydrogen (secondary N) is 4. The summed E-state index contributed by atoms with van der Waals surface area (Å²) < 4.78 is 45.3. The molecule has 2 fully saturated rings. The van der Waals surface area contributed by atoms with Gasteiger partial charge in [0.05, 0.1) is 60.4 Å². The van der Waals surface area contributed by atoms with Crippen LogP contribution in [-0.2, 0) is 13.1 Å². The molecule has 2 atom stereocenters. The third kappa shape index (κ3) is 16.0. The van der Waals surface area contributed by atoms with Crippen molar-refractivity contribution in [2.75, 3.05) is 45.1 Å². The zero-order valence-electron chi connectivity index (χ0n) is 50.1. The van der Waals surface area contributed by atoms with Crippen LogP contribution in [0.5, 0.6) is 11.5 Å². The number of nitrogens with zero attached hydrogens (tertiary/aromatic N) is 4. The van der Waals surface area contributed by atoms with Crippen molar-refractivity contribution in [3.63, 3.8) is 0 Å². The number of ether oxygens (including phenoxy) is 2. The van der Waals surface area contributed by atoms with Crippen molar-refractivity contribution in [2.45, 2.75) is 64.7 Å². The molecule has 89 heavy (non-hydrogen) atoms. The van der Waals surface area contributed by atoms with Gasteiger partial charge < -0.3 is 47.3 Å². The molecule has 0 spiro atoms. The van der Waals surface area contributed by atoms with Gasteiger partial charge in [0.25, 0.3) is 11.8 Å². The van der Waals surface area contributed by atoms with Crippen LogP contribution >= 0.6 is 37.2 Å². The lowest BCUT2D eigenvalue weighted by Crippen LogP contribution is -2.26. The van der Waals surface area contributed by atoms with Gasteiger partial charge in [-0.05, 0) is 181 Å². The highest BCUT2D eigenvalue weighted by Crippen LogP contribution is 2.41. The Morgan fingerprint density at radius 1 is 0.539 bits per heavy atom. The van der Waals surface area contributed by atoms with E-state index in [0.717, 1.165) is 86.6 Å². The lowest BCUT2D eigenvalue weighted by molar-refractivity contribution is 0.101. The standard InChI is InChI=1S/2C34H34FN5O2.CH4O.3ClH/c2*1-21-16-30(40(39-21)26-8-5-6-23(17-26)19-36)34(41)38-29-18-25(12-14-28(29)35)33(37-20-22-10-11-22)32-27-9-4-3-7-24(27)13-15-31(32)42-2;1-2;;;/h2*3-9,12-18,22,33,37H,10-11,19-20,36H2,1-2H3,(H,38,41);2H,1H3;3*1H. The number of benzene rings is 8. The summed E-state index contributed by atoms with van der Waals surface area (Å²) in [6.45, 7) is 6.02. The number of carbonyl (C=O) groups excluding carboxylic acids is 2. The molecule has 2 saturated carbocycles. The Bertz CT molecular complexity index is 3800. The van der Waals surface area contributed by atoms with Crippen molar-refractivity contribution in [3.8, 4) is 22.9 Å². The number of aliphatic hydroxyl groups excluding tert-OH is 1. The lowest BCUT2D eigenvalue weighted by atomic mass is 9.92. The highest BCUT2D eigenvalue weighted by Gasteiger charge is 2.30. The molecule has 2 aliphatic carbocycles. The van der Waals surface area contributed by atoms with Gasteiger partial charge in [0, 0.05) is 31.3 Å². The smallest absolute Gasteiger partial charge is 0.274 e. The topological polar surface area (TPSA) is 209 Å². The van der Waals surface area contributed by atoms with Gasteiger partial charge in [0.2, 0.25) is 0 Å². The number of methoxy groups -OCH3 is 2. The first-order valence-electron chi connectivity index (χ1n) is 28.9. The number of hydrogen-bond acceptors (Lipinski definition) is 11. The maximum absolute atomic E-state index is 15.3. The molecule has 0 saturated heterocycles. The second-order valence-electron chi connectivity index (χ2n) is 21.7. The van der Waals surface area contributed by atoms with Crippen LogP contribution in [0.1, 0.15) is 104 Å². The maximum Gasteiger partial charge on any atom is 0.274 e. The SMILES string of the molecule is CO.COc1ccc2ccccc2c1C(NCC1CC1)c1ccc(F)c(NC(=O)c2cc(C)nn2-c2cccc(CN)c2)c1.COc1ccc2ccccc2c1C(NCC1CC1)c1ccc(F)c(NC(=O)c2cc(C)nn2-c2cccc(CN)c2)c1.Cl.Cl.Cl. The molecular formula is C69H75Cl3F2N10O5. The van der Waals surface area contributed by atoms with Crippen molar-refractivity contribution in [3.05, 3.63) is 238 Å². The summed E-state index contributed by atoms with van der Waals surface area (Å²) in [7, 11) is 4.33. The van der Waals surface area contributed by atoms with E-state index in [1.807, 2.05) is 111 Å². The van der Waals surface area contributed by atoms with Gasteiger partial charge in [-0.3, -0.25) is 9.59 Å². The van der Waals surface area contributed by atoms with E-state index in [1.54, 1.807) is 60.0 Å². The fourth-order valence-electron chi connectivity index (χ4n) is 10.8. The van der Waals surface area contributed by atoms with Crippen LogP contribution in [0.25, 0.3) is 32.9 Å². The van der Waals surface area contributed by atoms with Crippen LogP contribution < -0.4 is 42.2 Å². The highest BCUT2D eigenvalue weighted by atomic mass is 35.5. The number of fused-ring (bicyclic) bond motifs is 2. The molecule has 10 aromatic rings. The van der Waals surface area contributed by atoms with E-state index < -0.39 is 23.4 Å². The molecule has 0 radical (unpaired) electrons. The van der Waals surface area contributed by atoms with Crippen LogP contribution in [0.2, 0.25) is 0 Å². The zero-order chi connectivity index (χ0) is 60.4. The molecule has 12 rings (SSSR count). The van der Waals surface area contributed by atoms with E-state index in [-0.39, 0.29) is 60.7 Å². The fraction of sp³-hybridized carbons (Fsp3) is 0.246. The second kappa shape index (κ2) is 31.3. The van der Waals surface area contributed by atoms with Crippen molar-refractivity contribution in [2.24, 2.45) is 23.3 Å². The first kappa shape index (κ1) is 68.3. The number of carbonyl (C=O) groups is 2. The number of aliphatic hydroxyl groups is 1. The van der Waals surface area contributed by atoms with Crippen LogP contribution in [0.15, 0.2) is 170 Å². The summed E-state index contributed by atoms with van der Waals surface area (Å²) >= 11 is 0. The van der Waals surface area contributed by atoms with Crippen molar-refractivity contribution in [1.29, 1.82) is 0 Å². The lowest BCUT2D eigenvalue weighted by Gasteiger charge is -2.24. The molecular weight excluding hydrogens is 1190 g/mol. The van der Waals surface area contributed by atoms with E-state index in [1.165, 1.54) is 37.8 Å². The minimum Gasteiger partial charge on any atom is -0.496 e. The van der Waals surface area contributed by atoms with Crippen molar-refractivity contribution in [1.82, 2.24) is 30.2 Å². The summed E-state index contributed by atoms with van der Waals surface area (Å²) in [6.07, 6.45) is 4.77. The third-order valence-electron chi connectivity index (χ3n) is 15.5. The van der Waals surface area contributed by atoms with Crippen LogP contribution in [0, 0.1) is 37.3 Å². The van der Waals surface area contributed by atoms with E-state index in [4.69, 9.17) is 26.0 Å². The first-order chi connectivity index (χ1) is 41.9. The van der Waals surface area contributed by atoms with E-state index >= 15 is 8.78 Å². The van der Waals surface area contributed by atoms with Gasteiger partial charge in [-0.1, -0.05) is 97.1 Å². The Labute approximate surface area is 535 Å². The molecule has 15 nitrogen and oxygen atoms in total. The largest absolute Gasteiger partial charge is 0.496 e. The summed E-state index contributed by atoms with van der Waals surface area (Å²) in [5.74, 6) is 0.762. The summed E-state index contributed by atoms with van der Waals surface area (Å²) in [5.41, 5.74) is 20.6. The summed E-state index contributed by atoms with van der Waals surface area (Å²) in [6, 6.07) is 52.0. The van der Waals surface area contributed by atoms with Gasteiger partial charge in [-0.2, -0.15) is 10.2 Å². The number of hydrogen-bond donors (Lipinski definition) is 7. The van der Waals surface area contributed by atoms with Crippen molar-refractivity contribution < 1.29 is 33.0 Å².